The first-order valence-electron chi connectivity index (χ1n) is 4.96. The van der Waals surface area contributed by atoms with E-state index in [2.05, 4.69) is 9.97 Å². The molecule has 2 aromatic rings. The third-order valence-electron chi connectivity index (χ3n) is 2.41. The summed E-state index contributed by atoms with van der Waals surface area (Å²) in [6, 6.07) is 3.47. The molecule has 1 atom stereocenters. The van der Waals surface area contributed by atoms with Crippen LogP contribution < -0.4 is 11.5 Å². The minimum atomic E-state index is -0.371. The van der Waals surface area contributed by atoms with E-state index in [-0.39, 0.29) is 18.4 Å². The number of fused-ring (bicyclic) bond motifs is 1. The summed E-state index contributed by atoms with van der Waals surface area (Å²) in [6.45, 7) is 1.86. The van der Waals surface area contributed by atoms with Crippen LogP contribution in [0, 0.1) is 0 Å². The maximum atomic E-state index is 10.9. The fourth-order valence-corrected chi connectivity index (χ4v) is 1.76. The van der Waals surface area contributed by atoms with Crippen LogP contribution in [0.4, 0.5) is 5.95 Å². The van der Waals surface area contributed by atoms with Gasteiger partial charge in [-0.1, -0.05) is 0 Å². The number of carbonyl (C=O) groups is 1. The van der Waals surface area contributed by atoms with Gasteiger partial charge in [-0.3, -0.25) is 9.36 Å². The van der Waals surface area contributed by atoms with Gasteiger partial charge in [0.05, 0.1) is 0 Å². The molecular weight excluding hydrogens is 206 g/mol. The van der Waals surface area contributed by atoms with Crippen LogP contribution in [0.3, 0.4) is 0 Å². The van der Waals surface area contributed by atoms with Crippen molar-refractivity contribution in [1.82, 2.24) is 14.5 Å². The molecule has 0 saturated carbocycles. The fourth-order valence-electron chi connectivity index (χ4n) is 1.76. The molecule has 0 spiro atoms. The van der Waals surface area contributed by atoms with E-state index in [1.165, 1.54) is 0 Å². The lowest BCUT2D eigenvalue weighted by atomic mass is 10.2. The normalized spacial score (nSPS) is 12.8. The highest BCUT2D eigenvalue weighted by Crippen LogP contribution is 2.22. The van der Waals surface area contributed by atoms with E-state index in [0.29, 0.717) is 11.6 Å². The number of rotatable bonds is 3. The zero-order valence-corrected chi connectivity index (χ0v) is 8.92. The van der Waals surface area contributed by atoms with Crippen molar-refractivity contribution < 1.29 is 4.79 Å². The van der Waals surface area contributed by atoms with Crippen molar-refractivity contribution in [2.45, 2.75) is 19.4 Å². The number of aromatic nitrogens is 3. The van der Waals surface area contributed by atoms with Crippen molar-refractivity contribution in [3.63, 3.8) is 0 Å². The molecule has 2 rings (SSSR count). The summed E-state index contributed by atoms with van der Waals surface area (Å²) in [6.07, 6.45) is 1.88. The van der Waals surface area contributed by atoms with Crippen LogP contribution in [0.1, 0.15) is 19.4 Å². The van der Waals surface area contributed by atoms with E-state index in [0.717, 1.165) is 5.52 Å². The Balaban J connectivity index is 2.50. The largest absolute Gasteiger partial charge is 0.370 e. The van der Waals surface area contributed by atoms with Crippen LogP contribution in [-0.2, 0) is 4.79 Å². The number of anilines is 1. The maximum absolute atomic E-state index is 10.9. The zero-order chi connectivity index (χ0) is 11.7. The number of pyridine rings is 1. The van der Waals surface area contributed by atoms with E-state index in [4.69, 9.17) is 11.5 Å². The first-order valence-corrected chi connectivity index (χ1v) is 4.96. The minimum Gasteiger partial charge on any atom is -0.370 e. The SMILES string of the molecule is CC(CC(N)=O)n1c(N)nc2cccnc21. The molecule has 0 fully saturated rings. The molecule has 2 heterocycles. The Hall–Kier alpha value is -2.11. The second kappa shape index (κ2) is 3.80. The number of carbonyl (C=O) groups excluding carboxylic acids is 1. The Bertz CT molecular complexity index is 533. The second-order valence-electron chi connectivity index (χ2n) is 3.71. The smallest absolute Gasteiger partial charge is 0.219 e. The van der Waals surface area contributed by atoms with Crippen LogP contribution in [0.5, 0.6) is 0 Å². The Kier molecular flexibility index (Phi) is 2.47. The predicted molar refractivity (Wildman–Crippen MR) is 60.5 cm³/mol. The highest BCUT2D eigenvalue weighted by molar-refractivity contribution is 5.76. The van der Waals surface area contributed by atoms with Gasteiger partial charge >= 0.3 is 0 Å². The van der Waals surface area contributed by atoms with E-state index < -0.39 is 0 Å². The molecule has 0 aliphatic rings. The summed E-state index contributed by atoms with van der Waals surface area (Å²) in [4.78, 5) is 19.2. The lowest BCUT2D eigenvalue weighted by Gasteiger charge is -2.13. The Labute approximate surface area is 92.3 Å². The number of nitrogens with two attached hydrogens (primary N) is 2. The van der Waals surface area contributed by atoms with Crippen molar-refractivity contribution in [2.75, 3.05) is 5.73 Å². The molecule has 0 aliphatic heterocycles. The van der Waals surface area contributed by atoms with Gasteiger partial charge in [-0.05, 0) is 19.1 Å². The average molecular weight is 219 g/mol. The van der Waals surface area contributed by atoms with Crippen molar-refractivity contribution in [3.05, 3.63) is 18.3 Å². The Morgan fingerprint density at radius 3 is 3.06 bits per heavy atom. The van der Waals surface area contributed by atoms with Crippen LogP contribution in [-0.4, -0.2) is 20.4 Å². The van der Waals surface area contributed by atoms with Crippen molar-refractivity contribution in [2.24, 2.45) is 5.73 Å². The molecule has 1 amide bonds. The van der Waals surface area contributed by atoms with E-state index in [1.54, 1.807) is 16.8 Å². The molecule has 0 aliphatic carbocycles. The standard InChI is InChI=1S/C10H13N5O/c1-6(5-8(11)16)15-9-7(14-10(15)12)3-2-4-13-9/h2-4,6H,5H2,1H3,(H2,11,16)(H2,12,14). The van der Waals surface area contributed by atoms with Crippen LogP contribution in [0.2, 0.25) is 0 Å². The fraction of sp³-hybridized carbons (Fsp3) is 0.300. The third kappa shape index (κ3) is 1.69. The second-order valence-corrected chi connectivity index (χ2v) is 3.71. The molecular formula is C10H13N5O. The third-order valence-corrected chi connectivity index (χ3v) is 2.41. The molecule has 0 bridgehead atoms. The number of nitrogen functional groups attached to an aromatic ring is 1. The highest BCUT2D eigenvalue weighted by atomic mass is 16.1. The number of primary amides is 1. The van der Waals surface area contributed by atoms with Crippen molar-refractivity contribution >= 4 is 23.0 Å². The molecule has 0 saturated heterocycles. The summed E-state index contributed by atoms with van der Waals surface area (Å²) < 4.78 is 1.72. The van der Waals surface area contributed by atoms with Gasteiger partial charge in [-0.15, -0.1) is 0 Å². The Morgan fingerprint density at radius 2 is 2.38 bits per heavy atom. The lowest BCUT2D eigenvalue weighted by Crippen LogP contribution is -2.18. The molecule has 6 heteroatoms. The van der Waals surface area contributed by atoms with Gasteiger partial charge in [-0.2, -0.15) is 0 Å². The average Bonchev–Trinajstić information content (AvgIpc) is 2.52. The quantitative estimate of drug-likeness (QED) is 0.782. The van der Waals surface area contributed by atoms with E-state index in [9.17, 15) is 4.79 Å². The number of nitrogens with zero attached hydrogens (tertiary/aromatic N) is 3. The number of hydrogen-bond acceptors (Lipinski definition) is 4. The number of hydrogen-bond donors (Lipinski definition) is 2. The molecule has 6 nitrogen and oxygen atoms in total. The van der Waals surface area contributed by atoms with Gasteiger partial charge in [0.1, 0.15) is 5.52 Å². The van der Waals surface area contributed by atoms with E-state index in [1.807, 2.05) is 13.0 Å². The van der Waals surface area contributed by atoms with Gasteiger partial charge in [0.2, 0.25) is 11.9 Å². The first-order chi connectivity index (χ1) is 7.59. The lowest BCUT2D eigenvalue weighted by molar-refractivity contribution is -0.118. The van der Waals surface area contributed by atoms with Crippen LogP contribution in [0.15, 0.2) is 18.3 Å². The topological polar surface area (TPSA) is 99.8 Å². The first kappa shape index (κ1) is 10.4. The van der Waals surface area contributed by atoms with Gasteiger partial charge < -0.3 is 11.5 Å². The van der Waals surface area contributed by atoms with E-state index >= 15 is 0 Å². The Morgan fingerprint density at radius 1 is 1.62 bits per heavy atom. The van der Waals surface area contributed by atoms with Gasteiger partial charge in [0, 0.05) is 18.7 Å². The molecule has 84 valence electrons. The molecule has 4 N–H and O–H groups in total. The van der Waals surface area contributed by atoms with Gasteiger partial charge in [0.25, 0.3) is 0 Å². The number of imidazole rings is 1. The summed E-state index contributed by atoms with van der Waals surface area (Å²) in [5, 5.41) is 0. The van der Waals surface area contributed by atoms with Crippen molar-refractivity contribution in [3.8, 4) is 0 Å². The summed E-state index contributed by atoms with van der Waals surface area (Å²) in [5.41, 5.74) is 12.3. The molecule has 16 heavy (non-hydrogen) atoms. The molecule has 2 aromatic heterocycles. The minimum absolute atomic E-state index is 0.141. The molecule has 0 aromatic carbocycles. The van der Waals surface area contributed by atoms with Crippen molar-refractivity contribution in [1.29, 1.82) is 0 Å². The molecule has 1 unspecified atom stereocenters. The van der Waals surface area contributed by atoms with Crippen LogP contribution in [0.25, 0.3) is 11.2 Å². The van der Waals surface area contributed by atoms with Gasteiger partial charge in [0.15, 0.2) is 5.65 Å². The molecule has 0 radical (unpaired) electrons. The predicted octanol–water partition coefficient (Wildman–Crippen LogP) is 0.450. The van der Waals surface area contributed by atoms with Crippen LogP contribution >= 0.6 is 0 Å². The van der Waals surface area contributed by atoms with Gasteiger partial charge in [-0.25, -0.2) is 9.97 Å². The summed E-state index contributed by atoms with van der Waals surface area (Å²) >= 11 is 0. The summed E-state index contributed by atoms with van der Waals surface area (Å²) in [7, 11) is 0. The highest BCUT2D eigenvalue weighted by Gasteiger charge is 2.16. The maximum Gasteiger partial charge on any atom is 0.219 e. The summed E-state index contributed by atoms with van der Waals surface area (Å²) in [5.74, 6) is -0.0212. The number of amides is 1. The zero-order valence-electron chi connectivity index (χ0n) is 8.92. The monoisotopic (exact) mass is 219 g/mol.